The zero-order chi connectivity index (χ0) is 14.0. The Kier molecular flexibility index (Phi) is 4.33. The third kappa shape index (κ3) is 3.19. The van der Waals surface area contributed by atoms with E-state index in [2.05, 4.69) is 51.9 Å². The lowest BCUT2D eigenvalue weighted by Crippen LogP contribution is -2.32. The average Bonchev–Trinajstić information content (AvgIpc) is 2.38. The van der Waals surface area contributed by atoms with Crippen molar-refractivity contribution in [2.75, 3.05) is 30.4 Å². The van der Waals surface area contributed by atoms with E-state index in [0.29, 0.717) is 0 Å². The van der Waals surface area contributed by atoms with Crippen LogP contribution in [0.2, 0.25) is 0 Å². The summed E-state index contributed by atoms with van der Waals surface area (Å²) in [6, 6.07) is 0. The van der Waals surface area contributed by atoms with Crippen LogP contribution in [0.3, 0.4) is 0 Å². The van der Waals surface area contributed by atoms with Gasteiger partial charge < -0.3 is 10.2 Å². The van der Waals surface area contributed by atoms with Crippen LogP contribution < -0.4 is 10.2 Å². The van der Waals surface area contributed by atoms with E-state index in [1.165, 1.54) is 19.3 Å². The van der Waals surface area contributed by atoms with Gasteiger partial charge in [0.15, 0.2) is 0 Å². The predicted molar refractivity (Wildman–Crippen MR) is 84.0 cm³/mol. The van der Waals surface area contributed by atoms with E-state index in [4.69, 9.17) is 4.98 Å². The lowest BCUT2D eigenvalue weighted by molar-refractivity contribution is 0.545. The van der Waals surface area contributed by atoms with Crippen LogP contribution in [-0.4, -0.2) is 30.1 Å². The van der Waals surface area contributed by atoms with Gasteiger partial charge in [-0.3, -0.25) is 0 Å². The molecule has 1 N–H and O–H groups in total. The molecule has 4 nitrogen and oxygen atoms in total. The molecule has 1 aromatic rings. The van der Waals surface area contributed by atoms with E-state index >= 15 is 0 Å². The fourth-order valence-corrected chi connectivity index (χ4v) is 3.30. The fourth-order valence-electron chi connectivity index (χ4n) is 2.33. The van der Waals surface area contributed by atoms with E-state index in [1.807, 2.05) is 7.05 Å². The van der Waals surface area contributed by atoms with Gasteiger partial charge in [0, 0.05) is 25.6 Å². The Morgan fingerprint density at radius 3 is 2.26 bits per heavy atom. The number of piperidine rings is 1. The second kappa shape index (κ2) is 5.65. The molecule has 0 aromatic carbocycles. The molecule has 0 aliphatic carbocycles. The average molecular weight is 327 g/mol. The highest BCUT2D eigenvalue weighted by Gasteiger charge is 2.25. The van der Waals surface area contributed by atoms with Gasteiger partial charge >= 0.3 is 0 Å². The van der Waals surface area contributed by atoms with E-state index in [0.717, 1.165) is 35.0 Å². The van der Waals surface area contributed by atoms with E-state index < -0.39 is 0 Å². The Morgan fingerprint density at radius 1 is 1.11 bits per heavy atom. The summed E-state index contributed by atoms with van der Waals surface area (Å²) in [5, 5.41) is 3.16. The van der Waals surface area contributed by atoms with Crippen LogP contribution in [-0.2, 0) is 5.41 Å². The molecule has 0 amide bonds. The quantitative estimate of drug-likeness (QED) is 0.902. The van der Waals surface area contributed by atoms with Crippen molar-refractivity contribution >= 4 is 27.7 Å². The van der Waals surface area contributed by atoms with Gasteiger partial charge in [0.1, 0.15) is 5.82 Å². The summed E-state index contributed by atoms with van der Waals surface area (Å²) in [6.45, 7) is 8.67. The second-order valence-electron chi connectivity index (χ2n) is 6.08. The number of halogens is 1. The first-order chi connectivity index (χ1) is 8.93. The highest BCUT2D eigenvalue weighted by Crippen LogP contribution is 2.34. The monoisotopic (exact) mass is 326 g/mol. The van der Waals surface area contributed by atoms with Crippen LogP contribution in [0.5, 0.6) is 0 Å². The largest absolute Gasteiger partial charge is 0.372 e. The van der Waals surface area contributed by atoms with Crippen LogP contribution in [0.4, 0.5) is 11.8 Å². The Balaban J connectivity index is 2.44. The van der Waals surface area contributed by atoms with Crippen LogP contribution in [0.25, 0.3) is 0 Å². The molecule has 0 bridgehead atoms. The third-order valence-corrected chi connectivity index (χ3v) is 4.18. The Morgan fingerprint density at radius 2 is 1.74 bits per heavy atom. The Bertz CT molecular complexity index is 447. The summed E-state index contributed by atoms with van der Waals surface area (Å²) in [5.41, 5.74) is 1.06. The molecule has 1 saturated heterocycles. The minimum absolute atomic E-state index is 0.00207. The highest BCUT2D eigenvalue weighted by atomic mass is 79.9. The zero-order valence-corrected chi connectivity index (χ0v) is 13.8. The molecule has 106 valence electrons. The number of rotatable bonds is 2. The molecule has 1 aliphatic rings. The van der Waals surface area contributed by atoms with Crippen LogP contribution in [0.1, 0.15) is 45.7 Å². The minimum atomic E-state index is -0.00207. The Hall–Kier alpha value is -0.840. The van der Waals surface area contributed by atoms with Crippen molar-refractivity contribution in [3.63, 3.8) is 0 Å². The summed E-state index contributed by atoms with van der Waals surface area (Å²) in [5.74, 6) is 1.73. The standard InChI is InChI=1S/C14H23BrN4/c1-14(2,3)11-10(15)12(16-4)18-13(17-11)19-8-6-5-7-9-19/h5-9H2,1-4H3,(H,16,17,18). The SMILES string of the molecule is CNc1nc(N2CCCCC2)nc(C(C)(C)C)c1Br. The lowest BCUT2D eigenvalue weighted by Gasteiger charge is -2.29. The molecule has 0 saturated carbocycles. The maximum atomic E-state index is 4.80. The number of aromatic nitrogens is 2. The molecule has 0 atom stereocenters. The molecule has 0 unspecified atom stereocenters. The van der Waals surface area contributed by atoms with Gasteiger partial charge in [-0.1, -0.05) is 20.8 Å². The number of nitrogens with one attached hydrogen (secondary N) is 1. The lowest BCUT2D eigenvalue weighted by atomic mass is 9.92. The van der Waals surface area contributed by atoms with Gasteiger partial charge in [0.05, 0.1) is 10.2 Å². The molecule has 1 fully saturated rings. The molecular formula is C14H23BrN4. The summed E-state index contributed by atoms with van der Waals surface area (Å²) in [4.78, 5) is 11.7. The van der Waals surface area contributed by atoms with E-state index in [9.17, 15) is 0 Å². The number of anilines is 2. The molecule has 1 aliphatic heterocycles. The normalized spacial score (nSPS) is 16.6. The van der Waals surface area contributed by atoms with Crippen molar-refractivity contribution in [3.8, 4) is 0 Å². The van der Waals surface area contributed by atoms with Crippen LogP contribution in [0, 0.1) is 0 Å². The van der Waals surface area contributed by atoms with Crippen molar-refractivity contribution in [3.05, 3.63) is 10.2 Å². The van der Waals surface area contributed by atoms with Crippen molar-refractivity contribution < 1.29 is 0 Å². The van der Waals surface area contributed by atoms with E-state index in [1.54, 1.807) is 0 Å². The van der Waals surface area contributed by atoms with E-state index in [-0.39, 0.29) is 5.41 Å². The zero-order valence-electron chi connectivity index (χ0n) is 12.3. The fraction of sp³-hybridized carbons (Fsp3) is 0.714. The van der Waals surface area contributed by atoms with Crippen LogP contribution >= 0.6 is 15.9 Å². The maximum absolute atomic E-state index is 4.80. The van der Waals surface area contributed by atoms with Crippen molar-refractivity contribution in [2.45, 2.75) is 45.4 Å². The van der Waals surface area contributed by atoms with Gasteiger partial charge in [-0.05, 0) is 35.2 Å². The smallest absolute Gasteiger partial charge is 0.227 e. The second-order valence-corrected chi connectivity index (χ2v) is 6.88. The van der Waals surface area contributed by atoms with Crippen molar-refractivity contribution in [1.82, 2.24) is 9.97 Å². The van der Waals surface area contributed by atoms with Gasteiger partial charge in [-0.15, -0.1) is 0 Å². The summed E-state index contributed by atoms with van der Waals surface area (Å²) >= 11 is 3.63. The molecule has 0 radical (unpaired) electrons. The number of hydrogen-bond acceptors (Lipinski definition) is 4. The molecule has 19 heavy (non-hydrogen) atoms. The molecule has 2 rings (SSSR count). The topological polar surface area (TPSA) is 41.1 Å². The summed E-state index contributed by atoms with van der Waals surface area (Å²) < 4.78 is 0.975. The van der Waals surface area contributed by atoms with Gasteiger partial charge in [-0.2, -0.15) is 4.98 Å². The number of nitrogens with zero attached hydrogens (tertiary/aromatic N) is 3. The number of hydrogen-bond donors (Lipinski definition) is 1. The van der Waals surface area contributed by atoms with Gasteiger partial charge in [0.2, 0.25) is 5.95 Å². The first-order valence-electron chi connectivity index (χ1n) is 6.94. The minimum Gasteiger partial charge on any atom is -0.372 e. The molecular weight excluding hydrogens is 304 g/mol. The van der Waals surface area contributed by atoms with Gasteiger partial charge in [-0.25, -0.2) is 4.98 Å². The third-order valence-electron chi connectivity index (χ3n) is 3.43. The summed E-state index contributed by atoms with van der Waals surface area (Å²) in [7, 11) is 1.90. The predicted octanol–water partition coefficient (Wildman–Crippen LogP) is 3.57. The molecule has 1 aromatic heterocycles. The highest BCUT2D eigenvalue weighted by molar-refractivity contribution is 9.10. The van der Waals surface area contributed by atoms with Crippen LogP contribution in [0.15, 0.2) is 4.47 Å². The van der Waals surface area contributed by atoms with Gasteiger partial charge in [0.25, 0.3) is 0 Å². The molecule has 0 spiro atoms. The maximum Gasteiger partial charge on any atom is 0.227 e. The summed E-state index contributed by atoms with van der Waals surface area (Å²) in [6.07, 6.45) is 3.79. The van der Waals surface area contributed by atoms with Crippen molar-refractivity contribution in [1.29, 1.82) is 0 Å². The first-order valence-corrected chi connectivity index (χ1v) is 7.73. The molecule has 2 heterocycles. The Labute approximate surface area is 124 Å². The molecule has 5 heteroatoms. The first kappa shape index (κ1) is 14.6. The van der Waals surface area contributed by atoms with Crippen molar-refractivity contribution in [2.24, 2.45) is 0 Å².